The number of nitro groups is 2. The summed E-state index contributed by atoms with van der Waals surface area (Å²) in [5.41, 5.74) is 0.689. The molecule has 0 aliphatic heterocycles. The summed E-state index contributed by atoms with van der Waals surface area (Å²) in [6, 6.07) is 7.50. The predicted molar refractivity (Wildman–Crippen MR) is 110 cm³/mol. The fourth-order valence-electron chi connectivity index (χ4n) is 2.72. The van der Waals surface area contributed by atoms with Gasteiger partial charge in [-0.1, -0.05) is 0 Å². The molecule has 0 bridgehead atoms. The van der Waals surface area contributed by atoms with Gasteiger partial charge >= 0.3 is 11.3 Å². The topological polar surface area (TPSA) is 187 Å². The Morgan fingerprint density at radius 1 is 1.22 bits per heavy atom. The molecule has 0 atom stereocenters. The summed E-state index contributed by atoms with van der Waals surface area (Å²) < 4.78 is 10.4. The number of ether oxygens (including phenoxy) is 1. The van der Waals surface area contributed by atoms with Crippen LogP contribution in [0, 0.1) is 27.2 Å². The zero-order chi connectivity index (χ0) is 23.4. The Morgan fingerprint density at radius 3 is 2.66 bits per heavy atom. The van der Waals surface area contributed by atoms with Gasteiger partial charge in [-0.2, -0.15) is 5.10 Å². The molecule has 0 saturated heterocycles. The third kappa shape index (κ3) is 4.84. The van der Waals surface area contributed by atoms with Crippen LogP contribution in [0.5, 0.6) is 11.5 Å². The normalized spacial score (nSPS) is 10.9. The van der Waals surface area contributed by atoms with Gasteiger partial charge in [0.25, 0.3) is 11.6 Å². The number of benzene rings is 2. The van der Waals surface area contributed by atoms with Crippen LogP contribution in [0.25, 0.3) is 11.0 Å². The van der Waals surface area contributed by atoms with E-state index in [1.165, 1.54) is 12.1 Å². The van der Waals surface area contributed by atoms with E-state index >= 15 is 0 Å². The summed E-state index contributed by atoms with van der Waals surface area (Å²) in [4.78, 5) is 43.4. The number of hydrogen-bond acceptors (Lipinski definition) is 10. The maximum absolute atomic E-state index is 11.9. The van der Waals surface area contributed by atoms with Crippen molar-refractivity contribution >= 4 is 34.5 Å². The largest absolute Gasteiger partial charge is 0.502 e. The average Bonchev–Trinajstić information content (AvgIpc) is 2.72. The average molecular weight is 442 g/mol. The molecule has 0 saturated carbocycles. The van der Waals surface area contributed by atoms with E-state index in [9.17, 15) is 34.9 Å². The fourth-order valence-corrected chi connectivity index (χ4v) is 2.72. The van der Waals surface area contributed by atoms with Crippen molar-refractivity contribution in [2.45, 2.75) is 6.92 Å². The Balaban J connectivity index is 1.67. The molecule has 0 aliphatic rings. The number of nitrogens with one attached hydrogen (secondary N) is 1. The summed E-state index contributed by atoms with van der Waals surface area (Å²) in [5, 5.41) is 36.0. The minimum Gasteiger partial charge on any atom is -0.502 e. The van der Waals surface area contributed by atoms with Crippen molar-refractivity contribution in [1.29, 1.82) is 0 Å². The van der Waals surface area contributed by atoms with Crippen LogP contribution in [-0.4, -0.2) is 33.7 Å². The number of carbonyl (C=O) groups excluding carboxylic acids is 1. The number of hydrogen-bond donors (Lipinski definition) is 2. The molecule has 13 heteroatoms. The van der Waals surface area contributed by atoms with Crippen molar-refractivity contribution in [1.82, 2.24) is 5.43 Å². The molecule has 3 aromatic rings. The number of phenolic OH excluding ortho intramolecular Hbond substituents is 1. The number of rotatable bonds is 7. The SMILES string of the molecule is Cc1cc(=O)oc2cc(OCC(=O)NN=Cc3cc([N+](=O)[O-])cc([N+](=O)[O-])c3O)ccc12. The van der Waals surface area contributed by atoms with E-state index in [1.807, 2.05) is 0 Å². The Bertz CT molecular complexity index is 1330. The van der Waals surface area contributed by atoms with Gasteiger partial charge in [-0.3, -0.25) is 25.0 Å². The van der Waals surface area contributed by atoms with E-state index in [1.54, 1.807) is 19.1 Å². The molecule has 0 fully saturated rings. The molecular weight excluding hydrogens is 428 g/mol. The van der Waals surface area contributed by atoms with E-state index < -0.39 is 45.1 Å². The van der Waals surface area contributed by atoms with Gasteiger partial charge in [-0.15, -0.1) is 0 Å². The second-order valence-electron chi connectivity index (χ2n) is 6.41. The van der Waals surface area contributed by atoms with Crippen molar-refractivity contribution in [2.24, 2.45) is 5.10 Å². The van der Waals surface area contributed by atoms with E-state index in [0.717, 1.165) is 17.8 Å². The lowest BCUT2D eigenvalue weighted by Gasteiger charge is -2.07. The van der Waals surface area contributed by atoms with Gasteiger partial charge in [0.2, 0.25) is 5.75 Å². The molecule has 2 aromatic carbocycles. The number of aromatic hydroxyl groups is 1. The molecule has 3 rings (SSSR count). The first kappa shape index (κ1) is 21.9. The molecule has 13 nitrogen and oxygen atoms in total. The first-order valence-corrected chi connectivity index (χ1v) is 8.80. The van der Waals surface area contributed by atoms with Gasteiger partial charge in [0.1, 0.15) is 11.3 Å². The molecule has 1 heterocycles. The Hall–Kier alpha value is -4.81. The highest BCUT2D eigenvalue weighted by atomic mass is 16.6. The second kappa shape index (κ2) is 8.91. The first-order chi connectivity index (χ1) is 15.2. The van der Waals surface area contributed by atoms with Gasteiger partial charge in [0, 0.05) is 23.6 Å². The molecule has 0 aliphatic carbocycles. The van der Waals surface area contributed by atoms with Gasteiger partial charge in [-0.05, 0) is 24.6 Å². The zero-order valence-electron chi connectivity index (χ0n) is 16.3. The summed E-state index contributed by atoms with van der Waals surface area (Å²) in [7, 11) is 0. The number of hydrazone groups is 1. The second-order valence-corrected chi connectivity index (χ2v) is 6.41. The number of non-ortho nitro benzene ring substituents is 1. The van der Waals surface area contributed by atoms with Crippen molar-refractivity contribution in [3.63, 3.8) is 0 Å². The van der Waals surface area contributed by atoms with Crippen LogP contribution in [0.4, 0.5) is 11.4 Å². The standard InChI is InChI=1S/C19H14N4O9/c1-10-4-18(25)32-16-7-13(2-3-14(10)16)31-9-17(24)21-20-8-11-5-12(22(27)28)6-15(19(11)26)23(29)30/h2-8,26H,9H2,1H3,(H,21,24). The molecule has 32 heavy (non-hydrogen) atoms. The first-order valence-electron chi connectivity index (χ1n) is 8.80. The van der Waals surface area contributed by atoms with Gasteiger partial charge in [0.15, 0.2) is 6.61 Å². The highest BCUT2D eigenvalue weighted by Crippen LogP contribution is 2.33. The number of carbonyl (C=O) groups is 1. The number of aryl methyl sites for hydroxylation is 1. The van der Waals surface area contributed by atoms with Gasteiger partial charge in [-0.25, -0.2) is 10.2 Å². The summed E-state index contributed by atoms with van der Waals surface area (Å²) in [6.45, 7) is 1.26. The number of nitro benzene ring substituents is 2. The van der Waals surface area contributed by atoms with Crippen LogP contribution in [-0.2, 0) is 4.79 Å². The smallest absolute Gasteiger partial charge is 0.336 e. The lowest BCUT2D eigenvalue weighted by molar-refractivity contribution is -0.394. The quantitative estimate of drug-likeness (QED) is 0.239. The van der Waals surface area contributed by atoms with Crippen molar-refractivity contribution in [2.75, 3.05) is 6.61 Å². The third-order valence-electron chi connectivity index (χ3n) is 4.20. The molecule has 164 valence electrons. The fraction of sp³-hybridized carbons (Fsp3) is 0.105. The van der Waals surface area contributed by atoms with Crippen LogP contribution in [0.3, 0.4) is 0 Å². The highest BCUT2D eigenvalue weighted by molar-refractivity contribution is 5.88. The van der Waals surface area contributed by atoms with Crippen LogP contribution in [0.1, 0.15) is 11.1 Å². The third-order valence-corrected chi connectivity index (χ3v) is 4.20. The zero-order valence-corrected chi connectivity index (χ0v) is 16.3. The molecule has 0 radical (unpaired) electrons. The lowest BCUT2D eigenvalue weighted by atomic mass is 10.1. The molecule has 0 spiro atoms. The minimum atomic E-state index is -0.987. The maximum atomic E-state index is 11.9. The molecule has 0 unspecified atom stereocenters. The van der Waals surface area contributed by atoms with E-state index in [0.29, 0.717) is 11.5 Å². The number of phenols is 1. The Labute approximate surface area is 177 Å². The summed E-state index contributed by atoms with van der Waals surface area (Å²) in [6.07, 6.45) is 0.820. The lowest BCUT2D eigenvalue weighted by Crippen LogP contribution is -2.24. The highest BCUT2D eigenvalue weighted by Gasteiger charge is 2.23. The Morgan fingerprint density at radius 2 is 1.97 bits per heavy atom. The monoisotopic (exact) mass is 442 g/mol. The molecule has 1 amide bonds. The van der Waals surface area contributed by atoms with E-state index in [-0.39, 0.29) is 16.9 Å². The minimum absolute atomic E-state index is 0.248. The molecular formula is C19H14N4O9. The predicted octanol–water partition coefficient (Wildman–Crippen LogP) is 2.15. The van der Waals surface area contributed by atoms with Gasteiger partial charge in [0.05, 0.1) is 27.7 Å². The van der Waals surface area contributed by atoms with E-state index in [2.05, 4.69) is 10.5 Å². The maximum Gasteiger partial charge on any atom is 0.336 e. The van der Waals surface area contributed by atoms with Crippen LogP contribution >= 0.6 is 0 Å². The van der Waals surface area contributed by atoms with E-state index in [4.69, 9.17) is 9.15 Å². The molecule has 1 aromatic heterocycles. The van der Waals surface area contributed by atoms with Crippen molar-refractivity contribution in [3.05, 3.63) is 78.2 Å². The van der Waals surface area contributed by atoms with Crippen LogP contribution in [0.15, 0.2) is 50.7 Å². The van der Waals surface area contributed by atoms with Crippen molar-refractivity contribution in [3.8, 4) is 11.5 Å². The van der Waals surface area contributed by atoms with Crippen LogP contribution in [0.2, 0.25) is 0 Å². The van der Waals surface area contributed by atoms with Crippen molar-refractivity contribution < 1.29 is 28.9 Å². The number of amides is 1. The summed E-state index contributed by atoms with van der Waals surface area (Å²) in [5.74, 6) is -1.33. The van der Waals surface area contributed by atoms with Gasteiger partial charge < -0.3 is 14.3 Å². The molecule has 2 N–H and O–H groups in total. The number of nitrogens with zero attached hydrogens (tertiary/aromatic N) is 3. The Kier molecular flexibility index (Phi) is 6.09. The number of fused-ring (bicyclic) bond motifs is 1. The van der Waals surface area contributed by atoms with Crippen LogP contribution < -0.4 is 15.8 Å². The summed E-state index contributed by atoms with van der Waals surface area (Å²) >= 11 is 0.